The lowest BCUT2D eigenvalue weighted by atomic mass is 10.00. The summed E-state index contributed by atoms with van der Waals surface area (Å²) in [5.74, 6) is 0.578. The van der Waals surface area contributed by atoms with Gasteiger partial charge >= 0.3 is 0 Å². The predicted octanol–water partition coefficient (Wildman–Crippen LogP) is 4.70. The van der Waals surface area contributed by atoms with Crippen molar-refractivity contribution in [1.29, 1.82) is 0 Å². The summed E-state index contributed by atoms with van der Waals surface area (Å²) < 4.78 is 2.16. The second-order valence-electron chi connectivity index (χ2n) is 6.27. The minimum atomic E-state index is -0.116. The number of nitrogens with one attached hydrogen (secondary N) is 2. The summed E-state index contributed by atoms with van der Waals surface area (Å²) in [7, 11) is 0. The van der Waals surface area contributed by atoms with E-state index >= 15 is 0 Å². The molecule has 0 aliphatic rings. The molecular weight excluding hydrogens is 376 g/mol. The van der Waals surface area contributed by atoms with Gasteiger partial charge in [-0.25, -0.2) is 0 Å². The minimum absolute atomic E-state index is 0.106. The van der Waals surface area contributed by atoms with E-state index in [1.54, 1.807) is 15.9 Å². The molecule has 2 heterocycles. The van der Waals surface area contributed by atoms with Crippen LogP contribution in [0.15, 0.2) is 60.0 Å². The van der Waals surface area contributed by atoms with Gasteiger partial charge < -0.3 is 5.32 Å². The van der Waals surface area contributed by atoms with Crippen LogP contribution in [0.5, 0.6) is 0 Å². The van der Waals surface area contributed by atoms with Crippen molar-refractivity contribution in [1.82, 2.24) is 20.1 Å². The van der Waals surface area contributed by atoms with Crippen molar-refractivity contribution in [2.45, 2.75) is 19.5 Å². The first kappa shape index (κ1) is 17.6. The number of thiophene rings is 1. The number of carbonyl (C=O) groups excluding carboxylic acids is 1. The molecule has 0 fully saturated rings. The van der Waals surface area contributed by atoms with Gasteiger partial charge in [0.2, 0.25) is 5.91 Å². The van der Waals surface area contributed by atoms with Crippen LogP contribution in [0.4, 0.5) is 0 Å². The summed E-state index contributed by atoms with van der Waals surface area (Å²) in [5, 5.41) is 14.4. The normalized spacial score (nSPS) is 12.2. The van der Waals surface area contributed by atoms with Crippen molar-refractivity contribution in [3.05, 3.63) is 70.3 Å². The van der Waals surface area contributed by atoms with E-state index in [4.69, 9.17) is 12.2 Å². The molecule has 0 aliphatic heterocycles. The Balaban J connectivity index is 1.55. The number of fused-ring (bicyclic) bond motifs is 1. The van der Waals surface area contributed by atoms with E-state index in [1.807, 2.05) is 48.7 Å². The smallest absolute Gasteiger partial charge is 0.240 e. The van der Waals surface area contributed by atoms with Crippen molar-refractivity contribution in [2.24, 2.45) is 0 Å². The van der Waals surface area contributed by atoms with E-state index in [0.717, 1.165) is 21.2 Å². The fraction of sp³-hybridized carbons (Fsp3) is 0.150. The number of hydrogen-bond acceptors (Lipinski definition) is 4. The fourth-order valence-corrected chi connectivity index (χ4v) is 4.11. The van der Waals surface area contributed by atoms with Gasteiger partial charge in [0.1, 0.15) is 6.54 Å². The van der Waals surface area contributed by atoms with Gasteiger partial charge in [-0.2, -0.15) is 5.10 Å². The van der Waals surface area contributed by atoms with E-state index in [-0.39, 0.29) is 18.5 Å². The molecule has 0 saturated heterocycles. The maximum absolute atomic E-state index is 12.7. The number of nitrogens with zero attached hydrogens (tertiary/aromatic N) is 2. The highest BCUT2D eigenvalue weighted by molar-refractivity contribution is 7.71. The Bertz CT molecular complexity index is 1140. The summed E-state index contributed by atoms with van der Waals surface area (Å²) in [6.07, 6.45) is 0. The molecule has 0 spiro atoms. The molecule has 1 unspecified atom stereocenters. The Morgan fingerprint density at radius 3 is 2.85 bits per heavy atom. The molecular formula is C20H18N4OS2. The first-order valence-electron chi connectivity index (χ1n) is 8.59. The van der Waals surface area contributed by atoms with Crippen LogP contribution < -0.4 is 5.32 Å². The number of rotatable bonds is 5. The predicted molar refractivity (Wildman–Crippen MR) is 111 cm³/mol. The van der Waals surface area contributed by atoms with Crippen LogP contribution in [0.1, 0.15) is 18.5 Å². The maximum Gasteiger partial charge on any atom is 0.240 e. The Morgan fingerprint density at radius 1 is 1.22 bits per heavy atom. The van der Waals surface area contributed by atoms with Gasteiger partial charge in [-0.05, 0) is 46.9 Å². The highest BCUT2D eigenvalue weighted by Gasteiger charge is 2.16. The van der Waals surface area contributed by atoms with Gasteiger partial charge in [-0.3, -0.25) is 14.5 Å². The average molecular weight is 395 g/mol. The summed E-state index contributed by atoms with van der Waals surface area (Å²) in [6.45, 7) is 2.12. The van der Waals surface area contributed by atoms with Crippen LogP contribution in [0.3, 0.4) is 0 Å². The summed E-state index contributed by atoms with van der Waals surface area (Å²) in [6, 6.07) is 18.1. The monoisotopic (exact) mass is 394 g/mol. The number of benzene rings is 2. The van der Waals surface area contributed by atoms with E-state index in [2.05, 4.69) is 33.7 Å². The van der Waals surface area contributed by atoms with Gasteiger partial charge in [-0.15, -0.1) is 11.3 Å². The molecule has 2 aromatic heterocycles. The first-order valence-corrected chi connectivity index (χ1v) is 9.88. The Kier molecular flexibility index (Phi) is 4.87. The fourth-order valence-electron chi connectivity index (χ4n) is 3.19. The number of H-pyrrole nitrogens is 1. The van der Waals surface area contributed by atoms with Crippen LogP contribution in [0.2, 0.25) is 0 Å². The molecule has 5 nitrogen and oxygen atoms in total. The molecule has 2 aromatic carbocycles. The third kappa shape index (κ3) is 3.56. The molecule has 1 atom stereocenters. The van der Waals surface area contributed by atoms with Crippen LogP contribution in [0.25, 0.3) is 21.5 Å². The van der Waals surface area contributed by atoms with Gasteiger partial charge in [-0.1, -0.05) is 48.5 Å². The number of hydrogen-bond donors (Lipinski definition) is 2. The van der Waals surface area contributed by atoms with Crippen molar-refractivity contribution < 1.29 is 4.79 Å². The third-order valence-corrected chi connectivity index (χ3v) is 5.65. The quantitative estimate of drug-likeness (QED) is 0.482. The van der Waals surface area contributed by atoms with Crippen LogP contribution in [0, 0.1) is 4.77 Å². The minimum Gasteiger partial charge on any atom is -0.348 e. The lowest BCUT2D eigenvalue weighted by Gasteiger charge is -2.17. The molecule has 0 radical (unpaired) electrons. The SMILES string of the molecule is CC(NC(=O)Cn1c(-c2cccs2)n[nH]c1=S)c1cccc2ccccc12. The van der Waals surface area contributed by atoms with Crippen LogP contribution in [-0.2, 0) is 11.3 Å². The molecule has 0 aliphatic carbocycles. The van der Waals surface area contributed by atoms with Gasteiger partial charge in [0.25, 0.3) is 0 Å². The lowest BCUT2D eigenvalue weighted by Crippen LogP contribution is -2.30. The zero-order valence-corrected chi connectivity index (χ0v) is 16.3. The molecule has 27 heavy (non-hydrogen) atoms. The zero-order valence-electron chi connectivity index (χ0n) is 14.7. The molecule has 2 N–H and O–H groups in total. The number of carbonyl (C=O) groups is 1. The highest BCUT2D eigenvalue weighted by Crippen LogP contribution is 2.25. The van der Waals surface area contributed by atoms with Crippen LogP contribution >= 0.6 is 23.6 Å². The van der Waals surface area contributed by atoms with Crippen molar-refractivity contribution in [3.63, 3.8) is 0 Å². The lowest BCUT2D eigenvalue weighted by molar-refractivity contribution is -0.122. The summed E-state index contributed by atoms with van der Waals surface area (Å²) in [5.41, 5.74) is 1.09. The van der Waals surface area contributed by atoms with E-state index < -0.39 is 0 Å². The first-order chi connectivity index (χ1) is 13.1. The van der Waals surface area contributed by atoms with Crippen molar-refractivity contribution >= 4 is 40.2 Å². The van der Waals surface area contributed by atoms with E-state index in [0.29, 0.717) is 10.6 Å². The number of aromatic nitrogens is 3. The maximum atomic E-state index is 12.7. The topological polar surface area (TPSA) is 62.7 Å². The molecule has 1 amide bonds. The summed E-state index contributed by atoms with van der Waals surface area (Å²) >= 11 is 6.87. The molecule has 7 heteroatoms. The van der Waals surface area contributed by atoms with Crippen molar-refractivity contribution in [3.8, 4) is 10.7 Å². The number of aromatic amines is 1. The van der Waals surface area contributed by atoms with Crippen molar-refractivity contribution in [2.75, 3.05) is 0 Å². The Hall–Kier alpha value is -2.77. The van der Waals surface area contributed by atoms with E-state index in [1.165, 1.54) is 0 Å². The third-order valence-electron chi connectivity index (χ3n) is 4.47. The largest absolute Gasteiger partial charge is 0.348 e. The summed E-state index contributed by atoms with van der Waals surface area (Å²) in [4.78, 5) is 13.7. The number of amides is 1. The van der Waals surface area contributed by atoms with Crippen LogP contribution in [-0.4, -0.2) is 20.7 Å². The van der Waals surface area contributed by atoms with Gasteiger partial charge in [0, 0.05) is 0 Å². The van der Waals surface area contributed by atoms with Gasteiger partial charge in [0.15, 0.2) is 10.6 Å². The second kappa shape index (κ2) is 7.46. The van der Waals surface area contributed by atoms with E-state index in [9.17, 15) is 4.79 Å². The standard InChI is InChI=1S/C20H18N4OS2/c1-13(15-9-4-7-14-6-2-3-8-16(14)15)21-18(25)12-24-19(22-23-20(24)26)17-10-5-11-27-17/h2-11,13H,12H2,1H3,(H,21,25)(H,23,26). The molecule has 0 bridgehead atoms. The molecule has 4 rings (SSSR count). The molecule has 136 valence electrons. The van der Waals surface area contributed by atoms with Gasteiger partial charge in [0.05, 0.1) is 10.9 Å². The molecule has 0 saturated carbocycles. The Morgan fingerprint density at radius 2 is 2.04 bits per heavy atom. The highest BCUT2D eigenvalue weighted by atomic mass is 32.1. The zero-order chi connectivity index (χ0) is 18.8. The molecule has 4 aromatic rings. The Labute approximate surface area is 165 Å². The average Bonchev–Trinajstić information content (AvgIpc) is 3.32. The second-order valence-corrected chi connectivity index (χ2v) is 7.61.